The van der Waals surface area contributed by atoms with Crippen molar-refractivity contribution < 1.29 is 14.7 Å². The normalized spacial score (nSPS) is 10.2. The molecule has 0 fully saturated rings. The lowest BCUT2D eigenvalue weighted by atomic mass is 10.2. The summed E-state index contributed by atoms with van der Waals surface area (Å²) in [6.45, 7) is 5.55. The van der Waals surface area contributed by atoms with Crippen LogP contribution in [0.5, 0.6) is 0 Å². The Hall–Kier alpha value is -1.63. The molecule has 0 saturated carbocycles. The van der Waals surface area contributed by atoms with Gasteiger partial charge in [-0.2, -0.15) is 0 Å². The van der Waals surface area contributed by atoms with Crippen molar-refractivity contribution in [3.8, 4) is 0 Å². The lowest BCUT2D eigenvalue weighted by Gasteiger charge is -2.18. The van der Waals surface area contributed by atoms with Crippen LogP contribution in [0.2, 0.25) is 0 Å². The molecule has 1 aromatic rings. The zero-order valence-corrected chi connectivity index (χ0v) is 13.1. The van der Waals surface area contributed by atoms with Gasteiger partial charge in [0.2, 0.25) is 5.91 Å². The number of hydrogen-bond donors (Lipinski definition) is 2. The van der Waals surface area contributed by atoms with Crippen LogP contribution in [0.4, 0.5) is 5.82 Å². The summed E-state index contributed by atoms with van der Waals surface area (Å²) in [6, 6.07) is 1.48. The summed E-state index contributed by atoms with van der Waals surface area (Å²) in [7, 11) is 0. The lowest BCUT2D eigenvalue weighted by molar-refractivity contribution is -0.130. The number of nitrogens with zero attached hydrogens (tertiary/aromatic N) is 2. The smallest absolute Gasteiger partial charge is 0.339 e. The Balaban J connectivity index is 2.62. The van der Waals surface area contributed by atoms with Crippen LogP contribution in [0.1, 0.15) is 30.6 Å². The van der Waals surface area contributed by atoms with Gasteiger partial charge in [-0.25, -0.2) is 9.78 Å². The maximum Gasteiger partial charge on any atom is 0.339 e. The third kappa shape index (κ3) is 4.48. The molecule has 1 rings (SSSR count). The van der Waals surface area contributed by atoms with Crippen LogP contribution < -0.4 is 5.32 Å². The predicted molar refractivity (Wildman–Crippen MR) is 79.9 cm³/mol. The number of carboxylic acids is 1. The van der Waals surface area contributed by atoms with Crippen LogP contribution in [0.25, 0.3) is 0 Å². The van der Waals surface area contributed by atoms with Crippen molar-refractivity contribution in [2.24, 2.45) is 0 Å². The number of hydrogen-bond acceptors (Lipinski definition) is 4. The van der Waals surface area contributed by atoms with Gasteiger partial charge in [-0.15, -0.1) is 0 Å². The number of anilines is 1. The second-order valence-electron chi connectivity index (χ2n) is 4.10. The van der Waals surface area contributed by atoms with Crippen LogP contribution in [0, 0.1) is 0 Å². The van der Waals surface area contributed by atoms with E-state index in [9.17, 15) is 9.59 Å². The number of aromatic nitrogens is 1. The SMILES string of the molecule is CCN(CC)C(=O)CCNc1ncc(Br)cc1C(=O)O. The number of halogens is 1. The van der Waals surface area contributed by atoms with Crippen LogP contribution in [-0.4, -0.2) is 46.5 Å². The topological polar surface area (TPSA) is 82.5 Å². The highest BCUT2D eigenvalue weighted by atomic mass is 79.9. The van der Waals surface area contributed by atoms with Gasteiger partial charge in [0.05, 0.1) is 0 Å². The van der Waals surface area contributed by atoms with E-state index in [4.69, 9.17) is 5.11 Å². The maximum atomic E-state index is 11.8. The van der Waals surface area contributed by atoms with E-state index in [0.717, 1.165) is 0 Å². The molecule has 0 spiro atoms. The van der Waals surface area contributed by atoms with Gasteiger partial charge in [-0.05, 0) is 35.8 Å². The van der Waals surface area contributed by atoms with Crippen LogP contribution in [-0.2, 0) is 4.79 Å². The fourth-order valence-corrected chi connectivity index (χ4v) is 2.10. The average Bonchev–Trinajstić information content (AvgIpc) is 2.41. The highest BCUT2D eigenvalue weighted by Gasteiger charge is 2.13. The molecule has 2 N–H and O–H groups in total. The summed E-state index contributed by atoms with van der Waals surface area (Å²) in [5.41, 5.74) is 0.0784. The van der Waals surface area contributed by atoms with Crippen molar-refractivity contribution in [2.75, 3.05) is 25.0 Å². The molecule has 0 aliphatic rings. The minimum atomic E-state index is -1.06. The van der Waals surface area contributed by atoms with E-state index in [1.807, 2.05) is 13.8 Å². The first-order valence-electron chi connectivity index (χ1n) is 6.40. The molecule has 0 unspecified atom stereocenters. The summed E-state index contributed by atoms with van der Waals surface area (Å²) < 4.78 is 0.597. The second kappa shape index (κ2) is 7.84. The van der Waals surface area contributed by atoms with E-state index >= 15 is 0 Å². The van der Waals surface area contributed by atoms with Crippen LogP contribution in [0.15, 0.2) is 16.7 Å². The van der Waals surface area contributed by atoms with Gasteiger partial charge >= 0.3 is 5.97 Å². The number of amides is 1. The largest absolute Gasteiger partial charge is 0.478 e. The van der Waals surface area contributed by atoms with Crippen molar-refractivity contribution in [1.82, 2.24) is 9.88 Å². The number of pyridine rings is 1. The van der Waals surface area contributed by atoms with Gasteiger partial charge in [0.1, 0.15) is 11.4 Å². The van der Waals surface area contributed by atoms with Crippen molar-refractivity contribution in [2.45, 2.75) is 20.3 Å². The van der Waals surface area contributed by atoms with Crippen LogP contribution >= 0.6 is 15.9 Å². The lowest BCUT2D eigenvalue weighted by Crippen LogP contribution is -2.31. The molecule has 1 amide bonds. The minimum absolute atomic E-state index is 0.0384. The zero-order chi connectivity index (χ0) is 15.1. The van der Waals surface area contributed by atoms with Gasteiger partial charge < -0.3 is 15.3 Å². The van der Waals surface area contributed by atoms with Gasteiger partial charge in [-0.3, -0.25) is 4.79 Å². The quantitative estimate of drug-likeness (QED) is 0.793. The van der Waals surface area contributed by atoms with Crippen LogP contribution in [0.3, 0.4) is 0 Å². The van der Waals surface area contributed by atoms with Crippen molar-refractivity contribution in [3.63, 3.8) is 0 Å². The number of carboxylic acid groups (broad SMARTS) is 1. The van der Waals surface area contributed by atoms with E-state index in [1.165, 1.54) is 12.3 Å². The highest BCUT2D eigenvalue weighted by Crippen LogP contribution is 2.18. The average molecular weight is 344 g/mol. The van der Waals surface area contributed by atoms with E-state index in [2.05, 4.69) is 26.2 Å². The molecule has 0 aliphatic carbocycles. The Morgan fingerprint density at radius 2 is 2.05 bits per heavy atom. The molecular formula is C13H18BrN3O3. The molecule has 0 aromatic carbocycles. The van der Waals surface area contributed by atoms with E-state index in [0.29, 0.717) is 30.5 Å². The van der Waals surface area contributed by atoms with E-state index < -0.39 is 5.97 Å². The van der Waals surface area contributed by atoms with Gasteiger partial charge in [0, 0.05) is 36.7 Å². The Morgan fingerprint density at radius 3 is 2.60 bits per heavy atom. The Bertz CT molecular complexity index is 490. The van der Waals surface area contributed by atoms with Gasteiger partial charge in [0.15, 0.2) is 0 Å². The molecule has 0 aliphatic heterocycles. The molecule has 7 heteroatoms. The second-order valence-corrected chi connectivity index (χ2v) is 5.01. The van der Waals surface area contributed by atoms with E-state index in [-0.39, 0.29) is 17.3 Å². The molecule has 0 saturated heterocycles. The van der Waals surface area contributed by atoms with Crippen molar-refractivity contribution in [3.05, 3.63) is 22.3 Å². The standard InChI is InChI=1S/C13H18BrN3O3/c1-3-17(4-2)11(18)5-6-15-12-10(13(19)20)7-9(14)8-16-12/h7-8H,3-6H2,1-2H3,(H,15,16)(H,19,20). The molecular weight excluding hydrogens is 326 g/mol. The Labute approximate surface area is 126 Å². The summed E-state index contributed by atoms with van der Waals surface area (Å²) >= 11 is 3.18. The maximum absolute atomic E-state index is 11.8. The summed E-state index contributed by atoms with van der Waals surface area (Å²) in [4.78, 5) is 28.7. The molecule has 1 aromatic heterocycles. The zero-order valence-electron chi connectivity index (χ0n) is 11.5. The number of nitrogens with one attached hydrogen (secondary N) is 1. The Kier molecular flexibility index (Phi) is 6.44. The van der Waals surface area contributed by atoms with Gasteiger partial charge in [-0.1, -0.05) is 0 Å². The van der Waals surface area contributed by atoms with Crippen molar-refractivity contribution in [1.29, 1.82) is 0 Å². The monoisotopic (exact) mass is 343 g/mol. The first kappa shape index (κ1) is 16.4. The number of carbonyl (C=O) groups excluding carboxylic acids is 1. The Morgan fingerprint density at radius 1 is 1.40 bits per heavy atom. The third-order valence-electron chi connectivity index (χ3n) is 2.83. The molecule has 0 radical (unpaired) electrons. The minimum Gasteiger partial charge on any atom is -0.478 e. The number of rotatable bonds is 7. The molecule has 20 heavy (non-hydrogen) atoms. The molecule has 110 valence electrons. The molecule has 6 nitrogen and oxygen atoms in total. The summed E-state index contributed by atoms with van der Waals surface area (Å²) in [6.07, 6.45) is 1.82. The van der Waals surface area contributed by atoms with E-state index in [1.54, 1.807) is 4.90 Å². The molecule has 1 heterocycles. The first-order valence-corrected chi connectivity index (χ1v) is 7.19. The van der Waals surface area contributed by atoms with Gasteiger partial charge in [0.25, 0.3) is 0 Å². The highest BCUT2D eigenvalue weighted by molar-refractivity contribution is 9.10. The number of aromatic carboxylic acids is 1. The predicted octanol–water partition coefficient (Wildman–Crippen LogP) is 2.21. The number of carbonyl (C=O) groups is 2. The summed E-state index contributed by atoms with van der Waals surface area (Å²) in [5, 5.41) is 12.0. The molecule has 0 bridgehead atoms. The fraction of sp³-hybridized carbons (Fsp3) is 0.462. The third-order valence-corrected chi connectivity index (χ3v) is 3.27. The van der Waals surface area contributed by atoms with Crippen molar-refractivity contribution >= 4 is 33.6 Å². The first-order chi connectivity index (χ1) is 9.49. The fourth-order valence-electron chi connectivity index (χ4n) is 1.77. The summed E-state index contributed by atoms with van der Waals surface area (Å²) in [5.74, 6) is -0.749. The molecule has 0 atom stereocenters.